The summed E-state index contributed by atoms with van der Waals surface area (Å²) in [7, 11) is 0. The zero-order valence-corrected chi connectivity index (χ0v) is 13.5. The van der Waals surface area contributed by atoms with E-state index in [9.17, 15) is 0 Å². The molecule has 0 aliphatic rings. The summed E-state index contributed by atoms with van der Waals surface area (Å²) >= 11 is 8.64. The number of hydrogen-bond acceptors (Lipinski definition) is 4. The fourth-order valence-electron chi connectivity index (χ4n) is 1.86. The molecule has 0 aliphatic heterocycles. The molecule has 0 unspecified atom stereocenters. The molecule has 0 fully saturated rings. The Morgan fingerprint density at radius 3 is 2.79 bits per heavy atom. The Morgan fingerprint density at radius 1 is 1.32 bits per heavy atom. The van der Waals surface area contributed by atoms with E-state index in [1.165, 1.54) is 0 Å². The van der Waals surface area contributed by atoms with Gasteiger partial charge in [0.15, 0.2) is 5.82 Å². The molecule has 0 saturated heterocycles. The lowest BCUT2D eigenvalue weighted by atomic mass is 10.0. The standard InChI is InChI=1S/C12H8Br2N4S/c13-8-4-7(11(14)19-8)10-9(12(15)18-17-10)6-2-1-3-16-5-6/h1-5H,(H3,15,17,18). The molecule has 19 heavy (non-hydrogen) atoms. The molecule has 0 radical (unpaired) electrons. The lowest BCUT2D eigenvalue weighted by Gasteiger charge is -2.03. The Hall–Kier alpha value is -1.18. The average Bonchev–Trinajstić information content (AvgIpc) is 2.93. The molecule has 7 heteroatoms. The van der Waals surface area contributed by atoms with E-state index in [0.717, 1.165) is 30.0 Å². The molecule has 3 aromatic rings. The number of nitrogens with one attached hydrogen (secondary N) is 1. The topological polar surface area (TPSA) is 67.6 Å². The van der Waals surface area contributed by atoms with Crippen molar-refractivity contribution in [3.8, 4) is 22.4 Å². The third kappa shape index (κ3) is 2.33. The van der Waals surface area contributed by atoms with Crippen LogP contribution in [0.5, 0.6) is 0 Å². The molecule has 0 amide bonds. The van der Waals surface area contributed by atoms with Crippen molar-refractivity contribution in [1.29, 1.82) is 0 Å². The summed E-state index contributed by atoms with van der Waals surface area (Å²) in [5, 5.41) is 7.11. The van der Waals surface area contributed by atoms with Crippen LogP contribution in [0.2, 0.25) is 0 Å². The minimum atomic E-state index is 0.470. The number of rotatable bonds is 2. The van der Waals surface area contributed by atoms with Crippen LogP contribution < -0.4 is 5.73 Å². The number of aromatic nitrogens is 3. The molecule has 0 bridgehead atoms. The lowest BCUT2D eigenvalue weighted by molar-refractivity contribution is 1.10. The van der Waals surface area contributed by atoms with Gasteiger partial charge in [-0.25, -0.2) is 0 Å². The van der Waals surface area contributed by atoms with Gasteiger partial charge in [-0.05, 0) is 44.0 Å². The number of thiophene rings is 1. The van der Waals surface area contributed by atoms with Crippen LogP contribution >= 0.6 is 43.2 Å². The largest absolute Gasteiger partial charge is 0.382 e. The summed E-state index contributed by atoms with van der Waals surface area (Å²) in [4.78, 5) is 4.13. The molecule has 0 atom stereocenters. The highest BCUT2D eigenvalue weighted by Crippen LogP contribution is 2.42. The van der Waals surface area contributed by atoms with Crippen LogP contribution in [0.15, 0.2) is 38.2 Å². The first-order valence-electron chi connectivity index (χ1n) is 5.36. The van der Waals surface area contributed by atoms with Gasteiger partial charge in [0.05, 0.1) is 18.8 Å². The second-order valence-corrected chi connectivity index (χ2v) is 7.59. The predicted octanol–water partition coefficient (Wildman–Crippen LogP) is 4.31. The maximum Gasteiger partial charge on any atom is 0.153 e. The van der Waals surface area contributed by atoms with Crippen LogP contribution in [0.25, 0.3) is 22.4 Å². The number of hydrogen-bond donors (Lipinski definition) is 2. The molecule has 0 aliphatic carbocycles. The van der Waals surface area contributed by atoms with Crippen LogP contribution in [-0.2, 0) is 0 Å². The minimum Gasteiger partial charge on any atom is -0.382 e. The van der Waals surface area contributed by atoms with Crippen molar-refractivity contribution < 1.29 is 0 Å². The third-order valence-corrected chi connectivity index (χ3v) is 5.01. The molecule has 3 heterocycles. The highest BCUT2D eigenvalue weighted by Gasteiger charge is 2.18. The smallest absolute Gasteiger partial charge is 0.153 e. The van der Waals surface area contributed by atoms with Crippen molar-refractivity contribution in [2.45, 2.75) is 0 Å². The van der Waals surface area contributed by atoms with E-state index in [1.54, 1.807) is 23.7 Å². The molecule has 3 N–H and O–H groups in total. The van der Waals surface area contributed by atoms with Gasteiger partial charge < -0.3 is 5.73 Å². The van der Waals surface area contributed by atoms with Crippen LogP contribution in [0.4, 0.5) is 5.82 Å². The normalized spacial score (nSPS) is 10.8. The van der Waals surface area contributed by atoms with Gasteiger partial charge in [0.2, 0.25) is 0 Å². The highest BCUT2D eigenvalue weighted by molar-refractivity contribution is 9.12. The summed E-state index contributed by atoms with van der Waals surface area (Å²) in [5.41, 5.74) is 9.71. The maximum absolute atomic E-state index is 5.97. The number of halogens is 2. The van der Waals surface area contributed by atoms with Crippen molar-refractivity contribution in [3.05, 3.63) is 38.2 Å². The third-order valence-electron chi connectivity index (χ3n) is 2.67. The molecule has 0 aromatic carbocycles. The Kier molecular flexibility index (Phi) is 3.42. The van der Waals surface area contributed by atoms with Crippen LogP contribution in [-0.4, -0.2) is 15.2 Å². The number of aromatic amines is 1. The van der Waals surface area contributed by atoms with Gasteiger partial charge >= 0.3 is 0 Å². The molecular formula is C12H8Br2N4S. The van der Waals surface area contributed by atoms with Gasteiger partial charge in [-0.1, -0.05) is 6.07 Å². The lowest BCUT2D eigenvalue weighted by Crippen LogP contribution is -1.89. The number of nitrogen functional groups attached to an aromatic ring is 1. The van der Waals surface area contributed by atoms with E-state index in [1.807, 2.05) is 18.2 Å². The van der Waals surface area contributed by atoms with Crippen LogP contribution in [0.3, 0.4) is 0 Å². The van der Waals surface area contributed by atoms with Crippen molar-refractivity contribution >= 4 is 49.0 Å². The van der Waals surface area contributed by atoms with Gasteiger partial charge in [-0.3, -0.25) is 10.1 Å². The zero-order valence-electron chi connectivity index (χ0n) is 9.52. The fourth-order valence-corrected chi connectivity index (χ4v) is 4.69. The van der Waals surface area contributed by atoms with Gasteiger partial charge in [-0.2, -0.15) is 5.10 Å². The maximum atomic E-state index is 5.97. The monoisotopic (exact) mass is 398 g/mol. The summed E-state index contributed by atoms with van der Waals surface area (Å²) < 4.78 is 2.06. The number of H-pyrrole nitrogens is 1. The number of nitrogens with two attached hydrogens (primary N) is 1. The Bertz CT molecular complexity index is 721. The van der Waals surface area contributed by atoms with Crippen LogP contribution in [0, 0.1) is 0 Å². The molecule has 3 rings (SSSR count). The summed E-state index contributed by atoms with van der Waals surface area (Å²) in [6.07, 6.45) is 3.51. The van der Waals surface area contributed by atoms with Crippen molar-refractivity contribution in [2.75, 3.05) is 5.73 Å². The first kappa shape index (κ1) is 12.8. The number of pyridine rings is 1. The molecule has 96 valence electrons. The second-order valence-electron chi connectivity index (χ2n) is 3.84. The minimum absolute atomic E-state index is 0.470. The summed E-state index contributed by atoms with van der Waals surface area (Å²) in [6.45, 7) is 0. The van der Waals surface area contributed by atoms with E-state index in [2.05, 4.69) is 47.0 Å². The SMILES string of the molecule is Nc1n[nH]c(-c2cc(Br)sc2Br)c1-c1cccnc1. The summed E-state index contributed by atoms with van der Waals surface area (Å²) in [6, 6.07) is 5.87. The van der Waals surface area contributed by atoms with Crippen molar-refractivity contribution in [3.63, 3.8) is 0 Å². The van der Waals surface area contributed by atoms with Crippen LogP contribution in [0.1, 0.15) is 0 Å². The Balaban J connectivity index is 2.22. The van der Waals surface area contributed by atoms with E-state index >= 15 is 0 Å². The van der Waals surface area contributed by atoms with E-state index in [4.69, 9.17) is 5.73 Å². The molecule has 3 aromatic heterocycles. The quantitative estimate of drug-likeness (QED) is 0.674. The molecule has 4 nitrogen and oxygen atoms in total. The fraction of sp³-hybridized carbons (Fsp3) is 0. The Labute approximate surface area is 130 Å². The highest BCUT2D eigenvalue weighted by atomic mass is 79.9. The van der Waals surface area contributed by atoms with Gasteiger partial charge in [0.1, 0.15) is 0 Å². The Morgan fingerprint density at radius 2 is 2.16 bits per heavy atom. The van der Waals surface area contributed by atoms with Crippen molar-refractivity contribution in [1.82, 2.24) is 15.2 Å². The molecular weight excluding hydrogens is 392 g/mol. The molecule has 0 saturated carbocycles. The van der Waals surface area contributed by atoms with E-state index in [-0.39, 0.29) is 0 Å². The second kappa shape index (κ2) is 5.07. The predicted molar refractivity (Wildman–Crippen MR) is 84.9 cm³/mol. The van der Waals surface area contributed by atoms with E-state index in [0.29, 0.717) is 5.82 Å². The average molecular weight is 400 g/mol. The first-order valence-corrected chi connectivity index (χ1v) is 7.76. The van der Waals surface area contributed by atoms with E-state index < -0.39 is 0 Å². The molecule has 0 spiro atoms. The first-order chi connectivity index (χ1) is 9.16. The van der Waals surface area contributed by atoms with Gasteiger partial charge in [0, 0.05) is 23.5 Å². The number of nitrogens with zero attached hydrogens (tertiary/aromatic N) is 2. The van der Waals surface area contributed by atoms with Gasteiger partial charge in [-0.15, -0.1) is 11.3 Å². The zero-order chi connectivity index (χ0) is 13.4. The number of anilines is 1. The van der Waals surface area contributed by atoms with Crippen molar-refractivity contribution in [2.24, 2.45) is 0 Å². The van der Waals surface area contributed by atoms with Gasteiger partial charge in [0.25, 0.3) is 0 Å². The summed E-state index contributed by atoms with van der Waals surface area (Å²) in [5.74, 6) is 0.470.